The van der Waals surface area contributed by atoms with Crippen molar-refractivity contribution in [3.05, 3.63) is 29.8 Å². The molecule has 6 nitrogen and oxygen atoms in total. The fourth-order valence-corrected chi connectivity index (χ4v) is 4.18. The number of amides is 1. The van der Waals surface area contributed by atoms with Gasteiger partial charge in [-0.05, 0) is 67.7 Å². The average molecular weight is 359 g/mol. The SMILES string of the molecule is CCc1ccc(-n2nnnc2SCC(=O)N2C(C)CCCC2C)cc1. The molecule has 3 rings (SSSR count). The van der Waals surface area contributed by atoms with E-state index in [1.54, 1.807) is 4.68 Å². The summed E-state index contributed by atoms with van der Waals surface area (Å²) in [6.45, 7) is 6.40. The van der Waals surface area contributed by atoms with E-state index in [4.69, 9.17) is 0 Å². The molecule has 0 spiro atoms. The maximum Gasteiger partial charge on any atom is 0.233 e. The van der Waals surface area contributed by atoms with Crippen molar-refractivity contribution in [3.8, 4) is 5.69 Å². The Morgan fingerprint density at radius 2 is 1.88 bits per heavy atom. The maximum atomic E-state index is 12.7. The first kappa shape index (κ1) is 17.9. The Hall–Kier alpha value is -1.89. The summed E-state index contributed by atoms with van der Waals surface area (Å²) in [6.07, 6.45) is 4.37. The van der Waals surface area contributed by atoms with Crippen molar-refractivity contribution >= 4 is 17.7 Å². The first-order valence-electron chi connectivity index (χ1n) is 8.91. The minimum Gasteiger partial charge on any atom is -0.337 e. The van der Waals surface area contributed by atoms with Crippen molar-refractivity contribution < 1.29 is 4.79 Å². The molecule has 0 radical (unpaired) electrons. The molecule has 2 aromatic rings. The third-order valence-electron chi connectivity index (χ3n) is 4.84. The minimum absolute atomic E-state index is 0.167. The van der Waals surface area contributed by atoms with Crippen LogP contribution >= 0.6 is 11.8 Å². The summed E-state index contributed by atoms with van der Waals surface area (Å²) in [6, 6.07) is 8.80. The van der Waals surface area contributed by atoms with Crippen molar-refractivity contribution in [1.82, 2.24) is 25.1 Å². The highest BCUT2D eigenvalue weighted by Crippen LogP contribution is 2.25. The van der Waals surface area contributed by atoms with Crippen LogP contribution in [0.2, 0.25) is 0 Å². The summed E-state index contributed by atoms with van der Waals surface area (Å²) in [5.74, 6) is 0.530. The van der Waals surface area contributed by atoms with Crippen molar-refractivity contribution in [2.24, 2.45) is 0 Å². The minimum atomic E-state index is 0.167. The van der Waals surface area contributed by atoms with E-state index in [-0.39, 0.29) is 5.91 Å². The van der Waals surface area contributed by atoms with Crippen molar-refractivity contribution in [3.63, 3.8) is 0 Å². The molecule has 2 unspecified atom stereocenters. The van der Waals surface area contributed by atoms with Gasteiger partial charge >= 0.3 is 0 Å². The van der Waals surface area contributed by atoms with Crippen LogP contribution in [0, 0.1) is 0 Å². The molecule has 1 aromatic carbocycles. The summed E-state index contributed by atoms with van der Waals surface area (Å²) in [7, 11) is 0. The van der Waals surface area contributed by atoms with Crippen LogP contribution in [0.5, 0.6) is 0 Å². The van der Waals surface area contributed by atoms with Gasteiger partial charge in [0.15, 0.2) is 0 Å². The van der Waals surface area contributed by atoms with Gasteiger partial charge in [-0.2, -0.15) is 4.68 Å². The fraction of sp³-hybridized carbons (Fsp3) is 0.556. The number of tetrazole rings is 1. The van der Waals surface area contributed by atoms with Crippen LogP contribution in [0.4, 0.5) is 0 Å². The quantitative estimate of drug-likeness (QED) is 0.768. The lowest BCUT2D eigenvalue weighted by Crippen LogP contribution is -2.48. The molecule has 0 aliphatic carbocycles. The molecule has 1 saturated heterocycles. The second-order valence-electron chi connectivity index (χ2n) is 6.61. The summed E-state index contributed by atoms with van der Waals surface area (Å²) < 4.78 is 1.69. The molecule has 2 heterocycles. The topological polar surface area (TPSA) is 63.9 Å². The lowest BCUT2D eigenvalue weighted by atomic mass is 9.98. The van der Waals surface area contributed by atoms with Gasteiger partial charge < -0.3 is 4.90 Å². The van der Waals surface area contributed by atoms with Gasteiger partial charge in [0, 0.05) is 12.1 Å². The monoisotopic (exact) mass is 359 g/mol. The number of hydrogen-bond donors (Lipinski definition) is 0. The van der Waals surface area contributed by atoms with E-state index in [9.17, 15) is 4.79 Å². The van der Waals surface area contributed by atoms with Crippen molar-refractivity contribution in [2.75, 3.05) is 5.75 Å². The summed E-state index contributed by atoms with van der Waals surface area (Å²) in [4.78, 5) is 14.7. The molecular weight excluding hydrogens is 334 g/mol. The number of piperidine rings is 1. The Kier molecular flexibility index (Phi) is 5.73. The zero-order chi connectivity index (χ0) is 17.8. The number of carbonyl (C=O) groups excluding carboxylic acids is 1. The summed E-state index contributed by atoms with van der Waals surface area (Å²) >= 11 is 1.40. The third kappa shape index (κ3) is 4.03. The van der Waals surface area contributed by atoms with E-state index >= 15 is 0 Å². The van der Waals surface area contributed by atoms with Gasteiger partial charge in [0.1, 0.15) is 0 Å². The van der Waals surface area contributed by atoms with Gasteiger partial charge in [0.05, 0.1) is 11.4 Å². The fourth-order valence-electron chi connectivity index (χ4n) is 3.42. The average Bonchev–Trinajstić information content (AvgIpc) is 3.08. The molecule has 1 aliphatic rings. The molecule has 25 heavy (non-hydrogen) atoms. The smallest absolute Gasteiger partial charge is 0.233 e. The molecular formula is C18H25N5OS. The number of rotatable bonds is 5. The van der Waals surface area contributed by atoms with Crippen molar-refractivity contribution in [1.29, 1.82) is 0 Å². The molecule has 2 atom stereocenters. The standard InChI is InChI=1S/C18H25N5OS/c1-4-15-8-10-16(11-9-15)23-18(19-20-21-23)25-12-17(24)22-13(2)6-5-7-14(22)3/h8-11,13-14H,4-7,12H2,1-3H3. The maximum absolute atomic E-state index is 12.7. The second-order valence-corrected chi connectivity index (χ2v) is 7.55. The lowest BCUT2D eigenvalue weighted by Gasteiger charge is -2.39. The van der Waals surface area contributed by atoms with Gasteiger partial charge in [-0.1, -0.05) is 30.8 Å². The predicted octanol–water partition coefficient (Wildman–Crippen LogP) is 3.11. The van der Waals surface area contributed by atoms with Crippen LogP contribution in [-0.4, -0.2) is 48.9 Å². The largest absolute Gasteiger partial charge is 0.337 e. The van der Waals surface area contributed by atoms with E-state index in [2.05, 4.69) is 48.4 Å². The van der Waals surface area contributed by atoms with E-state index in [1.165, 1.54) is 23.7 Å². The molecule has 0 saturated carbocycles. The lowest BCUT2D eigenvalue weighted by molar-refractivity contribution is -0.134. The normalized spacial score (nSPS) is 20.7. The first-order valence-corrected chi connectivity index (χ1v) is 9.90. The molecule has 1 fully saturated rings. The van der Waals surface area contributed by atoms with Crippen LogP contribution in [0.1, 0.15) is 45.6 Å². The van der Waals surface area contributed by atoms with Gasteiger partial charge in [0.2, 0.25) is 11.1 Å². The Labute approximate surface area is 153 Å². The van der Waals surface area contributed by atoms with E-state index in [0.29, 0.717) is 23.0 Å². The van der Waals surface area contributed by atoms with Gasteiger partial charge in [0.25, 0.3) is 0 Å². The number of carbonyl (C=O) groups is 1. The van der Waals surface area contributed by atoms with Gasteiger partial charge in [-0.15, -0.1) is 5.10 Å². The zero-order valence-electron chi connectivity index (χ0n) is 15.1. The Morgan fingerprint density at radius 3 is 2.52 bits per heavy atom. The van der Waals surface area contributed by atoms with Crippen LogP contribution in [-0.2, 0) is 11.2 Å². The number of aromatic nitrogens is 4. The number of likely N-dealkylation sites (tertiary alicyclic amines) is 1. The summed E-state index contributed by atoms with van der Waals surface area (Å²) in [5, 5.41) is 12.6. The molecule has 1 amide bonds. The Balaban J connectivity index is 1.67. The van der Waals surface area contributed by atoms with Crippen LogP contribution in [0.25, 0.3) is 5.69 Å². The second kappa shape index (κ2) is 7.99. The highest BCUT2D eigenvalue weighted by atomic mass is 32.2. The number of nitrogens with zero attached hydrogens (tertiary/aromatic N) is 5. The molecule has 0 bridgehead atoms. The zero-order valence-corrected chi connectivity index (χ0v) is 15.9. The Morgan fingerprint density at radius 1 is 1.20 bits per heavy atom. The Bertz CT molecular complexity index is 705. The molecule has 7 heteroatoms. The number of thioether (sulfide) groups is 1. The van der Waals surface area contributed by atoms with Crippen LogP contribution < -0.4 is 0 Å². The van der Waals surface area contributed by atoms with E-state index in [0.717, 1.165) is 24.9 Å². The highest BCUT2D eigenvalue weighted by Gasteiger charge is 2.29. The van der Waals surface area contributed by atoms with Gasteiger partial charge in [-0.25, -0.2) is 0 Å². The van der Waals surface area contributed by atoms with E-state index in [1.807, 2.05) is 17.0 Å². The van der Waals surface area contributed by atoms with E-state index < -0.39 is 0 Å². The first-order chi connectivity index (χ1) is 12.1. The van der Waals surface area contributed by atoms with Gasteiger partial charge in [-0.3, -0.25) is 4.79 Å². The summed E-state index contributed by atoms with van der Waals surface area (Å²) in [5.41, 5.74) is 2.19. The molecule has 1 aliphatic heterocycles. The van der Waals surface area contributed by atoms with Crippen molar-refractivity contribution in [2.45, 2.75) is 63.7 Å². The molecule has 0 N–H and O–H groups in total. The molecule has 134 valence electrons. The third-order valence-corrected chi connectivity index (χ3v) is 5.74. The van der Waals surface area contributed by atoms with Crippen LogP contribution in [0.3, 0.4) is 0 Å². The van der Waals surface area contributed by atoms with Crippen LogP contribution in [0.15, 0.2) is 29.4 Å². The highest BCUT2D eigenvalue weighted by molar-refractivity contribution is 7.99. The predicted molar refractivity (Wildman–Crippen MR) is 98.9 cm³/mol. The molecule has 1 aromatic heterocycles. The number of benzene rings is 1. The number of hydrogen-bond acceptors (Lipinski definition) is 5. The number of aryl methyl sites for hydroxylation is 1.